The summed E-state index contributed by atoms with van der Waals surface area (Å²) in [7, 11) is 0. The van der Waals surface area contributed by atoms with Crippen LogP contribution in [-0.4, -0.2) is 21.2 Å². The molecule has 0 aliphatic carbocycles. The van der Waals surface area contributed by atoms with Gasteiger partial charge in [0.1, 0.15) is 5.01 Å². The quantitative estimate of drug-likeness (QED) is 0.811. The van der Waals surface area contributed by atoms with Crippen molar-refractivity contribution in [1.82, 2.24) is 9.97 Å². The molecule has 2 aromatic heterocycles. The van der Waals surface area contributed by atoms with Crippen LogP contribution in [0.25, 0.3) is 10.6 Å². The van der Waals surface area contributed by atoms with Crippen molar-refractivity contribution in [3.8, 4) is 15.6 Å². The summed E-state index contributed by atoms with van der Waals surface area (Å²) >= 11 is 1.19. The molecule has 0 saturated carbocycles. The van der Waals surface area contributed by atoms with Gasteiger partial charge in [-0.25, -0.2) is 9.78 Å². The van der Waals surface area contributed by atoms with Gasteiger partial charge in [0, 0.05) is 18.0 Å². The van der Waals surface area contributed by atoms with Crippen LogP contribution in [0, 0.1) is 6.92 Å². The van der Waals surface area contributed by atoms with E-state index in [0.717, 1.165) is 5.56 Å². The molecule has 2 aromatic rings. The van der Waals surface area contributed by atoms with Gasteiger partial charge in [-0.3, -0.25) is 4.98 Å². The van der Waals surface area contributed by atoms with Crippen molar-refractivity contribution in [3.63, 3.8) is 0 Å². The van der Waals surface area contributed by atoms with Gasteiger partial charge < -0.3 is 9.84 Å². The Morgan fingerprint density at radius 1 is 1.56 bits per heavy atom. The molecule has 2 heterocycles. The molecule has 82 valence electrons. The Morgan fingerprint density at radius 3 is 3.00 bits per heavy atom. The standard InChI is InChI=1S/C10H8N2O3S/c1-6-9(15-10(13)14)16-8(12-6)7-3-2-4-11-5-7/h2-5H,1H3,(H,13,14). The minimum Gasteiger partial charge on any atom is -0.449 e. The number of carbonyl (C=O) groups is 1. The Bertz CT molecular complexity index is 510. The minimum atomic E-state index is -1.33. The van der Waals surface area contributed by atoms with Crippen LogP contribution in [0.4, 0.5) is 4.79 Å². The van der Waals surface area contributed by atoms with Gasteiger partial charge in [-0.05, 0) is 19.1 Å². The Morgan fingerprint density at radius 2 is 2.38 bits per heavy atom. The molecule has 0 bridgehead atoms. The lowest BCUT2D eigenvalue weighted by Gasteiger charge is -1.93. The maximum Gasteiger partial charge on any atom is 0.512 e. The van der Waals surface area contributed by atoms with E-state index in [9.17, 15) is 4.79 Å². The van der Waals surface area contributed by atoms with Crippen molar-refractivity contribution >= 4 is 17.5 Å². The summed E-state index contributed by atoms with van der Waals surface area (Å²) in [5, 5.41) is 9.51. The van der Waals surface area contributed by atoms with E-state index in [1.165, 1.54) is 11.3 Å². The molecular weight excluding hydrogens is 228 g/mol. The second kappa shape index (κ2) is 4.28. The molecule has 6 heteroatoms. The van der Waals surface area contributed by atoms with Crippen LogP contribution >= 0.6 is 11.3 Å². The smallest absolute Gasteiger partial charge is 0.449 e. The van der Waals surface area contributed by atoms with Crippen LogP contribution in [0.1, 0.15) is 5.69 Å². The molecule has 0 spiro atoms. The van der Waals surface area contributed by atoms with E-state index in [4.69, 9.17) is 5.11 Å². The molecule has 0 aliphatic rings. The number of ether oxygens (including phenoxy) is 1. The van der Waals surface area contributed by atoms with E-state index >= 15 is 0 Å². The summed E-state index contributed by atoms with van der Waals surface area (Å²) in [5.41, 5.74) is 1.40. The molecule has 5 nitrogen and oxygen atoms in total. The van der Waals surface area contributed by atoms with Gasteiger partial charge in [0.05, 0.1) is 5.69 Å². The zero-order chi connectivity index (χ0) is 11.5. The van der Waals surface area contributed by atoms with E-state index < -0.39 is 6.16 Å². The summed E-state index contributed by atoms with van der Waals surface area (Å²) in [4.78, 5) is 18.6. The van der Waals surface area contributed by atoms with Crippen molar-refractivity contribution in [2.75, 3.05) is 0 Å². The fraction of sp³-hybridized carbons (Fsp3) is 0.100. The molecule has 0 radical (unpaired) electrons. The maximum absolute atomic E-state index is 10.4. The Kier molecular flexibility index (Phi) is 2.82. The SMILES string of the molecule is Cc1nc(-c2cccnc2)sc1OC(=O)O. The normalized spacial score (nSPS) is 10.1. The summed E-state index contributed by atoms with van der Waals surface area (Å²) < 4.78 is 4.60. The van der Waals surface area contributed by atoms with Gasteiger partial charge in [-0.1, -0.05) is 11.3 Å². The first-order valence-corrected chi connectivity index (χ1v) is 5.27. The van der Waals surface area contributed by atoms with Crippen molar-refractivity contribution < 1.29 is 14.6 Å². The Balaban J connectivity index is 2.34. The summed E-state index contributed by atoms with van der Waals surface area (Å²) in [5.74, 6) is 0. The van der Waals surface area contributed by atoms with Crippen LogP contribution in [0.3, 0.4) is 0 Å². The number of rotatable bonds is 2. The number of pyridine rings is 1. The molecule has 0 amide bonds. The van der Waals surface area contributed by atoms with E-state index in [0.29, 0.717) is 15.8 Å². The number of thiazole rings is 1. The zero-order valence-corrected chi connectivity index (χ0v) is 9.19. The second-order valence-electron chi connectivity index (χ2n) is 3.00. The second-order valence-corrected chi connectivity index (χ2v) is 3.96. The van der Waals surface area contributed by atoms with Crippen molar-refractivity contribution in [2.45, 2.75) is 6.92 Å². The van der Waals surface area contributed by atoms with Crippen LogP contribution in [0.15, 0.2) is 24.5 Å². The molecule has 16 heavy (non-hydrogen) atoms. The fourth-order valence-electron chi connectivity index (χ4n) is 1.17. The largest absolute Gasteiger partial charge is 0.512 e. The van der Waals surface area contributed by atoms with Crippen LogP contribution in [-0.2, 0) is 0 Å². The third-order valence-electron chi connectivity index (χ3n) is 1.84. The summed E-state index contributed by atoms with van der Waals surface area (Å²) in [6.45, 7) is 1.70. The average Bonchev–Trinajstić information content (AvgIpc) is 2.61. The highest BCUT2D eigenvalue weighted by molar-refractivity contribution is 7.17. The van der Waals surface area contributed by atoms with Crippen molar-refractivity contribution in [3.05, 3.63) is 30.2 Å². The molecule has 0 aromatic carbocycles. The van der Waals surface area contributed by atoms with Crippen LogP contribution < -0.4 is 4.74 Å². The first-order valence-electron chi connectivity index (χ1n) is 4.45. The van der Waals surface area contributed by atoms with Crippen LogP contribution in [0.5, 0.6) is 5.06 Å². The monoisotopic (exact) mass is 236 g/mol. The lowest BCUT2D eigenvalue weighted by molar-refractivity contribution is 0.145. The number of carboxylic acid groups (broad SMARTS) is 1. The highest BCUT2D eigenvalue weighted by Crippen LogP contribution is 2.33. The number of nitrogens with zero attached hydrogens (tertiary/aromatic N) is 2. The van der Waals surface area contributed by atoms with E-state index in [1.54, 1.807) is 25.4 Å². The first-order chi connectivity index (χ1) is 7.66. The van der Waals surface area contributed by atoms with Crippen molar-refractivity contribution in [2.24, 2.45) is 0 Å². The Labute approximate surface area is 95.4 Å². The Hall–Kier alpha value is -1.95. The molecule has 0 fully saturated rings. The summed E-state index contributed by atoms with van der Waals surface area (Å²) in [6.07, 6.45) is 2.01. The molecule has 1 N–H and O–H groups in total. The summed E-state index contributed by atoms with van der Waals surface area (Å²) in [6, 6.07) is 3.65. The number of aryl methyl sites for hydroxylation is 1. The predicted octanol–water partition coefficient (Wildman–Crippen LogP) is 2.57. The lowest BCUT2D eigenvalue weighted by atomic mass is 10.3. The van der Waals surface area contributed by atoms with E-state index in [2.05, 4.69) is 14.7 Å². The highest BCUT2D eigenvalue weighted by Gasteiger charge is 2.13. The molecule has 0 aliphatic heterocycles. The first kappa shape index (κ1) is 10.6. The van der Waals surface area contributed by atoms with Crippen LogP contribution in [0.2, 0.25) is 0 Å². The van der Waals surface area contributed by atoms with Gasteiger partial charge in [0.2, 0.25) is 5.06 Å². The molecule has 0 atom stereocenters. The van der Waals surface area contributed by atoms with Gasteiger partial charge >= 0.3 is 6.16 Å². The zero-order valence-electron chi connectivity index (χ0n) is 8.38. The van der Waals surface area contributed by atoms with Gasteiger partial charge in [-0.15, -0.1) is 0 Å². The fourth-order valence-corrected chi connectivity index (χ4v) is 2.07. The lowest BCUT2D eigenvalue weighted by Crippen LogP contribution is -2.02. The maximum atomic E-state index is 10.4. The van der Waals surface area contributed by atoms with E-state index in [1.807, 2.05) is 6.07 Å². The third kappa shape index (κ3) is 2.17. The molecule has 0 saturated heterocycles. The molecule has 0 unspecified atom stereocenters. The number of hydrogen-bond acceptors (Lipinski definition) is 5. The topological polar surface area (TPSA) is 72.3 Å². The van der Waals surface area contributed by atoms with E-state index in [-0.39, 0.29) is 0 Å². The van der Waals surface area contributed by atoms with Crippen molar-refractivity contribution in [1.29, 1.82) is 0 Å². The number of hydrogen-bond donors (Lipinski definition) is 1. The third-order valence-corrected chi connectivity index (χ3v) is 2.93. The van der Waals surface area contributed by atoms with Gasteiger partial charge in [0.15, 0.2) is 0 Å². The van der Waals surface area contributed by atoms with Gasteiger partial charge in [-0.2, -0.15) is 0 Å². The van der Waals surface area contributed by atoms with Gasteiger partial charge in [0.25, 0.3) is 0 Å². The predicted molar refractivity (Wildman–Crippen MR) is 58.7 cm³/mol. The molecular formula is C10H8N2O3S. The number of aromatic nitrogens is 2. The highest BCUT2D eigenvalue weighted by atomic mass is 32.1. The average molecular weight is 236 g/mol. The minimum absolute atomic E-state index is 0.298. The molecule has 2 rings (SSSR count).